The molecule has 3 nitrogen and oxygen atoms in total. The van der Waals surface area contributed by atoms with Crippen LogP contribution in [0.25, 0.3) is 0 Å². The summed E-state index contributed by atoms with van der Waals surface area (Å²) in [7, 11) is 3.25. The van der Waals surface area contributed by atoms with Crippen molar-refractivity contribution < 1.29 is 9.47 Å². The van der Waals surface area contributed by atoms with Gasteiger partial charge in [0, 0.05) is 6.04 Å². The second-order valence-electron chi connectivity index (χ2n) is 3.25. The number of rotatable bonds is 4. The lowest BCUT2D eigenvalue weighted by molar-refractivity contribution is 0.387. The highest BCUT2D eigenvalue weighted by atomic mass is 79.9. The van der Waals surface area contributed by atoms with Gasteiger partial charge < -0.3 is 15.2 Å². The van der Waals surface area contributed by atoms with Crippen LogP contribution in [-0.2, 0) is 0 Å². The molecule has 0 radical (unpaired) electrons. The van der Waals surface area contributed by atoms with Crippen LogP contribution in [0.1, 0.15) is 24.9 Å². The highest BCUT2D eigenvalue weighted by molar-refractivity contribution is 9.10. The van der Waals surface area contributed by atoms with Gasteiger partial charge >= 0.3 is 0 Å². The van der Waals surface area contributed by atoms with Gasteiger partial charge in [-0.15, -0.1) is 12.4 Å². The smallest absolute Gasteiger partial charge is 0.137 e. The van der Waals surface area contributed by atoms with Gasteiger partial charge in [0.15, 0.2) is 0 Å². The van der Waals surface area contributed by atoms with Gasteiger partial charge in [-0.3, -0.25) is 0 Å². The van der Waals surface area contributed by atoms with Gasteiger partial charge in [-0.25, -0.2) is 0 Å². The zero-order valence-electron chi connectivity index (χ0n) is 9.62. The van der Waals surface area contributed by atoms with E-state index in [1.165, 1.54) is 0 Å². The largest absolute Gasteiger partial charge is 0.495 e. The Hall–Kier alpha value is -0.450. The first-order chi connectivity index (χ1) is 7.13. The molecule has 0 spiro atoms. The lowest BCUT2D eigenvalue weighted by Gasteiger charge is -2.14. The number of hydrogen-bond donors (Lipinski definition) is 1. The number of halogens is 2. The maximum absolute atomic E-state index is 5.97. The van der Waals surface area contributed by atoms with E-state index >= 15 is 0 Å². The predicted octanol–water partition coefficient (Wildman–Crippen LogP) is 3.30. The molecule has 2 N–H and O–H groups in total. The van der Waals surface area contributed by atoms with Gasteiger partial charge in [0.05, 0.1) is 14.2 Å². The van der Waals surface area contributed by atoms with Gasteiger partial charge in [0.25, 0.3) is 0 Å². The molecule has 0 amide bonds. The average molecular weight is 311 g/mol. The highest BCUT2D eigenvalue weighted by Gasteiger charge is 2.12. The fourth-order valence-corrected chi connectivity index (χ4v) is 1.89. The SMILES string of the molecule is CC[C@@H](N)c1cc(OC)c(Br)c(OC)c1.Cl. The van der Waals surface area contributed by atoms with Gasteiger partial charge in [0.2, 0.25) is 0 Å². The van der Waals surface area contributed by atoms with E-state index in [9.17, 15) is 0 Å². The zero-order chi connectivity index (χ0) is 11.4. The molecular weight excluding hydrogens is 293 g/mol. The van der Waals surface area contributed by atoms with Crippen LogP contribution in [0.2, 0.25) is 0 Å². The fourth-order valence-electron chi connectivity index (χ4n) is 1.34. The topological polar surface area (TPSA) is 44.5 Å². The molecule has 1 atom stereocenters. The maximum atomic E-state index is 5.97. The molecule has 0 heterocycles. The molecule has 0 unspecified atom stereocenters. The minimum absolute atomic E-state index is 0. The maximum Gasteiger partial charge on any atom is 0.137 e. The van der Waals surface area contributed by atoms with Gasteiger partial charge in [0.1, 0.15) is 16.0 Å². The van der Waals surface area contributed by atoms with Crippen molar-refractivity contribution in [3.63, 3.8) is 0 Å². The number of benzene rings is 1. The van der Waals surface area contributed by atoms with Crippen molar-refractivity contribution in [1.82, 2.24) is 0 Å². The summed E-state index contributed by atoms with van der Waals surface area (Å²) in [5.74, 6) is 1.49. The van der Waals surface area contributed by atoms with E-state index in [2.05, 4.69) is 15.9 Å². The van der Waals surface area contributed by atoms with Gasteiger partial charge in [-0.05, 0) is 40.0 Å². The number of ether oxygens (including phenoxy) is 2. The summed E-state index contributed by atoms with van der Waals surface area (Å²) in [4.78, 5) is 0. The first kappa shape index (κ1) is 15.6. The van der Waals surface area contributed by atoms with Crippen molar-refractivity contribution in [3.8, 4) is 11.5 Å². The normalized spacial score (nSPS) is 11.6. The fraction of sp³-hybridized carbons (Fsp3) is 0.455. The molecule has 0 fully saturated rings. The predicted molar refractivity (Wildman–Crippen MR) is 71.7 cm³/mol. The second-order valence-corrected chi connectivity index (χ2v) is 4.05. The Labute approximate surface area is 111 Å². The first-order valence-corrected chi connectivity index (χ1v) is 5.60. The van der Waals surface area contributed by atoms with Crippen LogP contribution in [0.3, 0.4) is 0 Å². The molecule has 0 saturated carbocycles. The van der Waals surface area contributed by atoms with Gasteiger partial charge in [-0.1, -0.05) is 6.92 Å². The van der Waals surface area contributed by atoms with Crippen LogP contribution in [0.5, 0.6) is 11.5 Å². The molecule has 1 aromatic rings. The summed E-state index contributed by atoms with van der Waals surface area (Å²) in [6, 6.07) is 3.88. The first-order valence-electron chi connectivity index (χ1n) is 4.81. The minimum Gasteiger partial charge on any atom is -0.495 e. The standard InChI is InChI=1S/C11H16BrNO2.ClH/c1-4-8(13)7-5-9(14-2)11(12)10(6-7)15-3;/h5-6,8H,4,13H2,1-3H3;1H/t8-;/m1./s1. The summed E-state index contributed by atoms with van der Waals surface area (Å²) < 4.78 is 11.3. The summed E-state index contributed by atoms with van der Waals surface area (Å²) in [6.45, 7) is 2.05. The van der Waals surface area contributed by atoms with E-state index in [0.29, 0.717) is 0 Å². The van der Waals surface area contributed by atoms with Crippen LogP contribution < -0.4 is 15.2 Å². The van der Waals surface area contributed by atoms with E-state index in [1.807, 2.05) is 19.1 Å². The van der Waals surface area contributed by atoms with Crippen molar-refractivity contribution in [2.24, 2.45) is 5.73 Å². The quantitative estimate of drug-likeness (QED) is 0.928. The Balaban J connectivity index is 0.00000225. The summed E-state index contributed by atoms with van der Waals surface area (Å²) in [5, 5.41) is 0. The summed E-state index contributed by atoms with van der Waals surface area (Å²) in [5.41, 5.74) is 6.99. The third-order valence-corrected chi connectivity index (χ3v) is 3.12. The molecule has 0 aliphatic rings. The Morgan fingerprint density at radius 1 is 1.25 bits per heavy atom. The van der Waals surface area contributed by atoms with Crippen molar-refractivity contribution in [3.05, 3.63) is 22.2 Å². The molecule has 0 aromatic heterocycles. The molecule has 1 aromatic carbocycles. The number of methoxy groups -OCH3 is 2. The zero-order valence-corrected chi connectivity index (χ0v) is 12.0. The molecule has 0 saturated heterocycles. The van der Waals surface area contributed by atoms with Crippen LogP contribution in [0.4, 0.5) is 0 Å². The van der Waals surface area contributed by atoms with E-state index in [4.69, 9.17) is 15.2 Å². The van der Waals surface area contributed by atoms with Crippen molar-refractivity contribution in [2.75, 3.05) is 14.2 Å². The Bertz CT molecular complexity index is 322. The minimum atomic E-state index is 0. The summed E-state index contributed by atoms with van der Waals surface area (Å²) in [6.07, 6.45) is 0.883. The average Bonchev–Trinajstić information content (AvgIpc) is 2.28. The third-order valence-electron chi connectivity index (χ3n) is 2.34. The lowest BCUT2D eigenvalue weighted by atomic mass is 10.0. The van der Waals surface area contributed by atoms with E-state index in [-0.39, 0.29) is 18.4 Å². The number of nitrogens with two attached hydrogens (primary N) is 1. The van der Waals surface area contributed by atoms with E-state index < -0.39 is 0 Å². The molecule has 5 heteroatoms. The third kappa shape index (κ3) is 3.27. The van der Waals surface area contributed by atoms with E-state index in [1.54, 1.807) is 14.2 Å². The summed E-state index contributed by atoms with van der Waals surface area (Å²) >= 11 is 3.42. The Kier molecular flexibility index (Phi) is 6.79. The van der Waals surface area contributed by atoms with Crippen LogP contribution >= 0.6 is 28.3 Å². The van der Waals surface area contributed by atoms with Gasteiger partial charge in [-0.2, -0.15) is 0 Å². The Morgan fingerprint density at radius 2 is 1.69 bits per heavy atom. The monoisotopic (exact) mass is 309 g/mol. The molecule has 92 valence electrons. The van der Waals surface area contributed by atoms with Crippen molar-refractivity contribution in [1.29, 1.82) is 0 Å². The molecule has 0 bridgehead atoms. The van der Waals surface area contributed by atoms with Crippen LogP contribution in [-0.4, -0.2) is 14.2 Å². The van der Waals surface area contributed by atoms with Crippen molar-refractivity contribution in [2.45, 2.75) is 19.4 Å². The molecule has 0 aliphatic carbocycles. The highest BCUT2D eigenvalue weighted by Crippen LogP contribution is 2.37. The molecule has 1 rings (SSSR count). The van der Waals surface area contributed by atoms with Crippen molar-refractivity contribution >= 4 is 28.3 Å². The second kappa shape index (κ2) is 6.99. The number of hydrogen-bond acceptors (Lipinski definition) is 3. The van der Waals surface area contributed by atoms with Crippen LogP contribution in [0, 0.1) is 0 Å². The lowest BCUT2D eigenvalue weighted by Crippen LogP contribution is -2.09. The molecular formula is C11H17BrClNO2. The molecule has 0 aliphatic heterocycles. The molecule has 16 heavy (non-hydrogen) atoms. The van der Waals surface area contributed by atoms with E-state index in [0.717, 1.165) is 28.0 Å². The van der Waals surface area contributed by atoms with Crippen LogP contribution in [0.15, 0.2) is 16.6 Å². The Morgan fingerprint density at radius 3 is 2.00 bits per heavy atom.